The molecule has 1 saturated heterocycles. The monoisotopic (exact) mass is 252 g/mol. The van der Waals surface area contributed by atoms with Crippen molar-refractivity contribution in [2.24, 2.45) is 0 Å². The molecular formula is C11H12N2O5. The molecule has 1 aromatic carbocycles. The topological polar surface area (TPSA) is 101 Å². The van der Waals surface area contributed by atoms with Gasteiger partial charge in [0.1, 0.15) is 25.3 Å². The first-order valence-corrected chi connectivity index (χ1v) is 5.22. The molecule has 1 heterocycles. The van der Waals surface area contributed by atoms with Crippen LogP contribution in [0.25, 0.3) is 0 Å². The summed E-state index contributed by atoms with van der Waals surface area (Å²) >= 11 is 0. The SMILES string of the molecule is O=C1C(c2ccc(O)cc2)N(CO)C(=O)N1CO. The molecule has 2 rings (SSSR count). The van der Waals surface area contributed by atoms with Gasteiger partial charge in [0, 0.05) is 0 Å². The zero-order chi connectivity index (χ0) is 13.3. The van der Waals surface area contributed by atoms with E-state index in [-0.39, 0.29) is 5.75 Å². The second kappa shape index (κ2) is 4.63. The molecule has 96 valence electrons. The fraction of sp³-hybridized carbons (Fsp3) is 0.273. The summed E-state index contributed by atoms with van der Waals surface area (Å²) in [4.78, 5) is 25.2. The van der Waals surface area contributed by atoms with Crippen LogP contribution in [0.15, 0.2) is 24.3 Å². The molecule has 0 aromatic heterocycles. The predicted octanol–water partition coefficient (Wildman–Crippen LogP) is -0.403. The maximum absolute atomic E-state index is 11.9. The second-order valence-corrected chi connectivity index (χ2v) is 3.80. The molecule has 3 N–H and O–H groups in total. The van der Waals surface area contributed by atoms with Gasteiger partial charge in [0.15, 0.2) is 0 Å². The van der Waals surface area contributed by atoms with Gasteiger partial charge in [0.05, 0.1) is 0 Å². The number of carbonyl (C=O) groups is 2. The van der Waals surface area contributed by atoms with Crippen molar-refractivity contribution in [2.75, 3.05) is 13.5 Å². The Labute approximate surface area is 102 Å². The number of imide groups is 1. The van der Waals surface area contributed by atoms with E-state index in [9.17, 15) is 14.7 Å². The zero-order valence-corrected chi connectivity index (χ0v) is 9.35. The van der Waals surface area contributed by atoms with Crippen LogP contribution in [0.4, 0.5) is 4.79 Å². The van der Waals surface area contributed by atoms with E-state index in [2.05, 4.69) is 0 Å². The van der Waals surface area contributed by atoms with Crippen LogP contribution in [0.5, 0.6) is 5.75 Å². The van der Waals surface area contributed by atoms with Gasteiger partial charge >= 0.3 is 6.03 Å². The molecule has 3 amide bonds. The largest absolute Gasteiger partial charge is 0.508 e. The van der Waals surface area contributed by atoms with Crippen LogP contribution in [0, 0.1) is 0 Å². The molecule has 1 aliphatic heterocycles. The lowest BCUT2D eigenvalue weighted by Gasteiger charge is -2.18. The fourth-order valence-corrected chi connectivity index (χ4v) is 1.89. The van der Waals surface area contributed by atoms with Gasteiger partial charge in [-0.3, -0.25) is 9.69 Å². The number of hydrogen-bond acceptors (Lipinski definition) is 5. The molecule has 0 bridgehead atoms. The number of phenols is 1. The predicted molar refractivity (Wildman–Crippen MR) is 59.1 cm³/mol. The fourth-order valence-electron chi connectivity index (χ4n) is 1.89. The molecule has 18 heavy (non-hydrogen) atoms. The average molecular weight is 252 g/mol. The van der Waals surface area contributed by atoms with Gasteiger partial charge in [-0.2, -0.15) is 0 Å². The summed E-state index contributed by atoms with van der Waals surface area (Å²) in [6.07, 6.45) is 0. The molecule has 0 radical (unpaired) electrons. The first-order chi connectivity index (χ1) is 8.60. The summed E-state index contributed by atoms with van der Waals surface area (Å²) < 4.78 is 0. The standard InChI is InChI=1S/C11H12N2O5/c14-5-12-9(7-1-3-8(16)4-2-7)10(17)13(6-15)11(12)18/h1-4,9,14-16H,5-6H2. The lowest BCUT2D eigenvalue weighted by molar-refractivity contribution is -0.131. The Bertz CT molecular complexity index is 473. The minimum absolute atomic E-state index is 0.0325. The molecule has 1 aromatic rings. The lowest BCUT2D eigenvalue weighted by Crippen LogP contribution is -2.34. The number of urea groups is 1. The van der Waals surface area contributed by atoms with Crippen molar-refractivity contribution < 1.29 is 24.9 Å². The van der Waals surface area contributed by atoms with E-state index in [1.54, 1.807) is 0 Å². The molecule has 7 nitrogen and oxygen atoms in total. The highest BCUT2D eigenvalue weighted by Crippen LogP contribution is 2.30. The van der Waals surface area contributed by atoms with Crippen molar-refractivity contribution in [3.63, 3.8) is 0 Å². The number of phenolic OH excluding ortho intramolecular Hbond substituents is 1. The average Bonchev–Trinajstić information content (AvgIpc) is 2.61. The Morgan fingerprint density at radius 2 is 1.67 bits per heavy atom. The number of aromatic hydroxyl groups is 1. The second-order valence-electron chi connectivity index (χ2n) is 3.80. The zero-order valence-electron chi connectivity index (χ0n) is 9.35. The summed E-state index contributed by atoms with van der Waals surface area (Å²) in [5.41, 5.74) is 0.455. The minimum Gasteiger partial charge on any atom is -0.508 e. The maximum Gasteiger partial charge on any atom is 0.331 e. The Morgan fingerprint density at radius 1 is 1.06 bits per heavy atom. The van der Waals surface area contributed by atoms with Crippen LogP contribution in [-0.2, 0) is 4.79 Å². The summed E-state index contributed by atoms with van der Waals surface area (Å²) in [6, 6.07) is 4.00. The number of benzene rings is 1. The highest BCUT2D eigenvalue weighted by atomic mass is 16.3. The van der Waals surface area contributed by atoms with Crippen molar-refractivity contribution in [1.82, 2.24) is 9.80 Å². The van der Waals surface area contributed by atoms with Gasteiger partial charge in [0.25, 0.3) is 5.91 Å². The van der Waals surface area contributed by atoms with Crippen LogP contribution in [0.1, 0.15) is 11.6 Å². The molecule has 0 saturated carbocycles. The summed E-state index contributed by atoms with van der Waals surface area (Å²) in [7, 11) is 0. The van der Waals surface area contributed by atoms with Crippen molar-refractivity contribution in [3.8, 4) is 5.75 Å². The number of rotatable bonds is 3. The first-order valence-electron chi connectivity index (χ1n) is 5.22. The Morgan fingerprint density at radius 3 is 2.17 bits per heavy atom. The molecule has 1 fully saturated rings. The Kier molecular flexibility index (Phi) is 3.17. The van der Waals surface area contributed by atoms with Crippen molar-refractivity contribution >= 4 is 11.9 Å². The van der Waals surface area contributed by atoms with Crippen molar-refractivity contribution in [3.05, 3.63) is 29.8 Å². The number of aliphatic hydroxyl groups is 2. The number of aliphatic hydroxyl groups excluding tert-OH is 2. The van der Waals surface area contributed by atoms with E-state index in [0.29, 0.717) is 10.5 Å². The number of carbonyl (C=O) groups excluding carboxylic acids is 2. The third kappa shape index (κ3) is 1.79. The van der Waals surface area contributed by atoms with E-state index in [1.807, 2.05) is 0 Å². The van der Waals surface area contributed by atoms with Crippen molar-refractivity contribution in [1.29, 1.82) is 0 Å². The Balaban J connectivity index is 2.39. The van der Waals surface area contributed by atoms with E-state index >= 15 is 0 Å². The molecule has 1 unspecified atom stereocenters. The third-order valence-corrected chi connectivity index (χ3v) is 2.79. The van der Waals surface area contributed by atoms with E-state index < -0.39 is 31.4 Å². The van der Waals surface area contributed by atoms with Crippen LogP contribution in [0.3, 0.4) is 0 Å². The Hall–Kier alpha value is -2.12. The van der Waals surface area contributed by atoms with Crippen LogP contribution in [-0.4, -0.2) is 50.5 Å². The number of amides is 3. The van der Waals surface area contributed by atoms with E-state index in [4.69, 9.17) is 10.2 Å². The van der Waals surface area contributed by atoms with Gasteiger partial charge in [-0.05, 0) is 17.7 Å². The van der Waals surface area contributed by atoms with Gasteiger partial charge in [0.2, 0.25) is 0 Å². The number of nitrogens with zero attached hydrogens (tertiary/aromatic N) is 2. The first kappa shape index (κ1) is 12.3. The lowest BCUT2D eigenvalue weighted by atomic mass is 10.1. The molecule has 7 heteroatoms. The summed E-state index contributed by atoms with van der Waals surface area (Å²) in [5.74, 6) is -0.577. The van der Waals surface area contributed by atoms with E-state index in [0.717, 1.165) is 4.90 Å². The highest BCUT2D eigenvalue weighted by molar-refractivity contribution is 6.04. The maximum atomic E-state index is 11.9. The van der Waals surface area contributed by atoms with Gasteiger partial charge in [-0.15, -0.1) is 0 Å². The quantitative estimate of drug-likeness (QED) is 0.635. The van der Waals surface area contributed by atoms with Gasteiger partial charge in [-0.1, -0.05) is 12.1 Å². The molecule has 1 atom stereocenters. The molecule has 1 aliphatic rings. The van der Waals surface area contributed by atoms with E-state index in [1.165, 1.54) is 24.3 Å². The number of hydrogen-bond donors (Lipinski definition) is 3. The minimum atomic E-state index is -0.977. The van der Waals surface area contributed by atoms with Crippen molar-refractivity contribution in [2.45, 2.75) is 6.04 Å². The van der Waals surface area contributed by atoms with Crippen LogP contribution < -0.4 is 0 Å². The highest BCUT2D eigenvalue weighted by Gasteiger charge is 2.45. The molecular weight excluding hydrogens is 240 g/mol. The normalized spacial score (nSPS) is 19.8. The summed E-state index contributed by atoms with van der Waals surface area (Å²) in [6.45, 7) is -1.37. The third-order valence-electron chi connectivity index (χ3n) is 2.79. The summed E-state index contributed by atoms with van der Waals surface area (Å²) in [5, 5.41) is 27.3. The molecule has 0 spiro atoms. The van der Waals surface area contributed by atoms with Gasteiger partial charge < -0.3 is 15.3 Å². The van der Waals surface area contributed by atoms with Crippen LogP contribution in [0.2, 0.25) is 0 Å². The smallest absolute Gasteiger partial charge is 0.331 e. The van der Waals surface area contributed by atoms with Gasteiger partial charge in [-0.25, -0.2) is 9.69 Å². The molecule has 0 aliphatic carbocycles. The van der Waals surface area contributed by atoms with Crippen LogP contribution >= 0.6 is 0 Å².